The number of rotatable bonds is 4. The molecule has 1 aliphatic carbocycles. The first-order valence-corrected chi connectivity index (χ1v) is 6.99. The summed E-state index contributed by atoms with van der Waals surface area (Å²) in [6.45, 7) is 3.44. The van der Waals surface area contributed by atoms with Gasteiger partial charge in [0.05, 0.1) is 4.92 Å². The fourth-order valence-electron chi connectivity index (χ4n) is 1.60. The molecule has 7 nitrogen and oxygen atoms in total. The van der Waals surface area contributed by atoms with E-state index in [-0.39, 0.29) is 16.1 Å². The minimum Gasteiger partial charge on any atom is -0.258 e. The lowest BCUT2D eigenvalue weighted by molar-refractivity contribution is -0.419. The molecule has 1 rings (SSSR count). The summed E-state index contributed by atoms with van der Waals surface area (Å²) >= 11 is 4.89. The van der Waals surface area contributed by atoms with Gasteiger partial charge in [-0.3, -0.25) is 10.1 Å². The highest BCUT2D eigenvalue weighted by atomic mass is 32.2. The Hall–Kier alpha value is -1.74. The normalized spacial score (nSPS) is 19.3. The van der Waals surface area contributed by atoms with Crippen LogP contribution in [-0.4, -0.2) is 23.5 Å². The van der Waals surface area contributed by atoms with Crippen molar-refractivity contribution in [2.75, 3.05) is 0 Å². The van der Waals surface area contributed by atoms with E-state index >= 15 is 0 Å². The predicted octanol–water partition coefficient (Wildman–Crippen LogP) is 2.15. The molecule has 0 aromatic heterocycles. The molecule has 1 aliphatic rings. The summed E-state index contributed by atoms with van der Waals surface area (Å²) in [4.78, 5) is 9.97. The zero-order valence-electron chi connectivity index (χ0n) is 10.2. The van der Waals surface area contributed by atoms with Crippen molar-refractivity contribution in [2.45, 2.75) is 19.1 Å². The van der Waals surface area contributed by atoms with Crippen LogP contribution in [0.3, 0.4) is 0 Å². The van der Waals surface area contributed by atoms with E-state index in [0.717, 1.165) is 17.7 Å². The lowest BCUT2D eigenvalue weighted by Crippen LogP contribution is -2.31. The first kappa shape index (κ1) is 15.3. The minimum absolute atomic E-state index is 0.141. The molecule has 0 aromatic rings. The van der Waals surface area contributed by atoms with Crippen molar-refractivity contribution in [1.29, 1.82) is 5.53 Å². The second kappa shape index (κ2) is 5.49. The van der Waals surface area contributed by atoms with Crippen molar-refractivity contribution in [2.24, 2.45) is 4.52 Å². The van der Waals surface area contributed by atoms with E-state index < -0.39 is 20.2 Å². The molecule has 9 heteroatoms. The number of allylic oxidation sites excluding steroid dienone is 4. The SMILES string of the molecule is CC(C)=CC1=CC([N+](=O)[O-])=CC(=S)C1S(=O)(=O)N=N. The molecule has 0 saturated carbocycles. The molecule has 0 bridgehead atoms. The van der Waals surface area contributed by atoms with Crippen molar-refractivity contribution in [3.8, 4) is 0 Å². The van der Waals surface area contributed by atoms with Crippen LogP contribution in [0.1, 0.15) is 13.8 Å². The lowest BCUT2D eigenvalue weighted by Gasteiger charge is -2.18. The van der Waals surface area contributed by atoms with Crippen molar-refractivity contribution in [3.63, 3.8) is 0 Å². The van der Waals surface area contributed by atoms with E-state index in [0.29, 0.717) is 0 Å². The molecule has 0 aromatic carbocycles. The summed E-state index contributed by atoms with van der Waals surface area (Å²) in [6, 6.07) is 0. The first-order valence-electron chi connectivity index (χ1n) is 5.08. The van der Waals surface area contributed by atoms with Crippen LogP contribution < -0.4 is 0 Å². The van der Waals surface area contributed by atoms with Gasteiger partial charge in [0, 0.05) is 17.0 Å². The molecule has 102 valence electrons. The largest absolute Gasteiger partial charge is 0.282 e. The fourth-order valence-corrected chi connectivity index (χ4v) is 3.17. The van der Waals surface area contributed by atoms with Crippen molar-refractivity contribution < 1.29 is 13.3 Å². The summed E-state index contributed by atoms with van der Waals surface area (Å²) < 4.78 is 26.0. The van der Waals surface area contributed by atoms with Crippen LogP contribution in [0.25, 0.3) is 0 Å². The smallest absolute Gasteiger partial charge is 0.258 e. The van der Waals surface area contributed by atoms with Gasteiger partial charge in [-0.15, -0.1) is 0 Å². The molecular formula is C10H11N3O4S2. The Morgan fingerprint density at radius 2 is 2.11 bits per heavy atom. The minimum atomic E-state index is -4.14. The number of thiocarbonyl (C=S) groups is 1. The van der Waals surface area contributed by atoms with Crippen LogP contribution in [0.15, 0.2) is 39.6 Å². The number of nitrogens with one attached hydrogen (secondary N) is 1. The molecule has 1 unspecified atom stereocenters. The van der Waals surface area contributed by atoms with Crippen LogP contribution in [0.5, 0.6) is 0 Å². The Balaban J connectivity index is 3.47. The van der Waals surface area contributed by atoms with Crippen LogP contribution in [0.2, 0.25) is 0 Å². The molecule has 0 heterocycles. The van der Waals surface area contributed by atoms with Gasteiger partial charge in [-0.25, -0.2) is 8.42 Å². The van der Waals surface area contributed by atoms with Gasteiger partial charge in [0.25, 0.3) is 15.7 Å². The van der Waals surface area contributed by atoms with Crippen LogP contribution >= 0.6 is 12.2 Å². The van der Waals surface area contributed by atoms with Gasteiger partial charge in [0.15, 0.2) is 0 Å². The Morgan fingerprint density at radius 1 is 1.53 bits per heavy atom. The summed E-state index contributed by atoms with van der Waals surface area (Å²) in [6.07, 6.45) is 3.62. The highest BCUT2D eigenvalue weighted by molar-refractivity contribution is 7.93. The molecule has 0 amide bonds. The number of hydrogen-bond acceptors (Lipinski definition) is 6. The quantitative estimate of drug-likeness (QED) is 0.370. The van der Waals surface area contributed by atoms with Crippen LogP contribution in [-0.2, 0) is 10.0 Å². The maximum absolute atomic E-state index is 11.7. The monoisotopic (exact) mass is 301 g/mol. The van der Waals surface area contributed by atoms with Crippen LogP contribution in [0, 0.1) is 15.6 Å². The van der Waals surface area contributed by atoms with E-state index in [4.69, 9.17) is 17.7 Å². The van der Waals surface area contributed by atoms with Gasteiger partial charge in [-0.2, -0.15) is 5.53 Å². The highest BCUT2D eigenvalue weighted by Crippen LogP contribution is 2.26. The average Bonchev–Trinajstić information content (AvgIpc) is 2.26. The zero-order chi connectivity index (χ0) is 14.8. The lowest BCUT2D eigenvalue weighted by atomic mass is 10.0. The predicted molar refractivity (Wildman–Crippen MR) is 73.0 cm³/mol. The Bertz CT molecular complexity index is 640. The van der Waals surface area contributed by atoms with Gasteiger partial charge < -0.3 is 0 Å². The number of nitrogens with zero attached hydrogens (tertiary/aromatic N) is 2. The van der Waals surface area contributed by atoms with Gasteiger partial charge in [-0.05, 0) is 19.4 Å². The molecule has 0 spiro atoms. The highest BCUT2D eigenvalue weighted by Gasteiger charge is 2.36. The maximum atomic E-state index is 11.7. The third-order valence-electron chi connectivity index (χ3n) is 2.26. The average molecular weight is 301 g/mol. The third-order valence-corrected chi connectivity index (χ3v) is 4.14. The molecular weight excluding hydrogens is 290 g/mol. The second-order valence-electron chi connectivity index (χ2n) is 4.08. The second-order valence-corrected chi connectivity index (χ2v) is 6.24. The molecule has 19 heavy (non-hydrogen) atoms. The van der Waals surface area contributed by atoms with Gasteiger partial charge >= 0.3 is 0 Å². The van der Waals surface area contributed by atoms with E-state index in [1.54, 1.807) is 13.8 Å². The summed E-state index contributed by atoms with van der Waals surface area (Å²) in [5.41, 5.74) is 7.33. The van der Waals surface area contributed by atoms with Gasteiger partial charge in [0.1, 0.15) is 5.25 Å². The van der Waals surface area contributed by atoms with E-state index in [2.05, 4.69) is 4.52 Å². The molecule has 0 fully saturated rings. The van der Waals surface area contributed by atoms with Gasteiger partial charge in [-0.1, -0.05) is 28.4 Å². The molecule has 0 radical (unpaired) electrons. The molecule has 0 saturated heterocycles. The standard InChI is InChI=1S/C10H11N3O4S2/c1-6(2)3-7-4-8(13(14)15)5-9(18)10(7)19(16,17)12-11/h3-5,10-11H,1-2H3. The van der Waals surface area contributed by atoms with E-state index in [1.165, 1.54) is 6.08 Å². The van der Waals surface area contributed by atoms with Crippen molar-refractivity contribution in [1.82, 2.24) is 0 Å². The van der Waals surface area contributed by atoms with E-state index in [1.807, 2.05) is 0 Å². The Kier molecular flexibility index (Phi) is 4.43. The first-order chi connectivity index (χ1) is 8.69. The molecule has 1 N–H and O–H groups in total. The van der Waals surface area contributed by atoms with Crippen LogP contribution in [0.4, 0.5) is 0 Å². The maximum Gasteiger partial charge on any atom is 0.282 e. The molecule has 1 atom stereocenters. The number of nitro groups is 1. The molecule has 0 aliphatic heterocycles. The van der Waals surface area contributed by atoms with E-state index in [9.17, 15) is 18.5 Å². The third kappa shape index (κ3) is 3.38. The number of hydrogen-bond donors (Lipinski definition) is 1. The topological polar surface area (TPSA) is 113 Å². The summed E-state index contributed by atoms with van der Waals surface area (Å²) in [7, 11) is -4.14. The zero-order valence-corrected chi connectivity index (χ0v) is 11.8. The summed E-state index contributed by atoms with van der Waals surface area (Å²) in [5.74, 6) is 0. The van der Waals surface area contributed by atoms with Crippen molar-refractivity contribution >= 4 is 27.1 Å². The van der Waals surface area contributed by atoms with Gasteiger partial charge in [0.2, 0.25) is 0 Å². The van der Waals surface area contributed by atoms with Crippen molar-refractivity contribution in [3.05, 3.63) is 45.2 Å². The number of sulfonamides is 1. The Labute approximate surface area is 115 Å². The Morgan fingerprint density at radius 3 is 2.53 bits per heavy atom. The fraction of sp³-hybridized carbons (Fsp3) is 0.300. The summed E-state index contributed by atoms with van der Waals surface area (Å²) in [5, 5.41) is 9.44.